The number of nitrogens with one attached hydrogen (secondary N) is 1. The van der Waals surface area contributed by atoms with Crippen LogP contribution in [-0.2, 0) is 21.4 Å². The van der Waals surface area contributed by atoms with Crippen molar-refractivity contribution in [3.05, 3.63) is 52.0 Å². The molecule has 1 atom stereocenters. The Balaban J connectivity index is 1.41. The Kier molecular flexibility index (Phi) is 6.41. The van der Waals surface area contributed by atoms with Gasteiger partial charge in [-0.2, -0.15) is 4.31 Å². The number of hydrogen-bond acceptors (Lipinski definition) is 7. The van der Waals surface area contributed by atoms with Crippen molar-refractivity contribution < 1.29 is 22.4 Å². The van der Waals surface area contributed by atoms with E-state index in [1.807, 2.05) is 6.92 Å². The number of fused-ring (bicyclic) bond motifs is 1. The molecule has 1 saturated heterocycles. The van der Waals surface area contributed by atoms with Crippen molar-refractivity contribution in [3.63, 3.8) is 0 Å². The van der Waals surface area contributed by atoms with E-state index in [0.717, 1.165) is 11.3 Å². The molecular weight excluding hydrogens is 468 g/mol. The highest BCUT2D eigenvalue weighted by Gasteiger charge is 2.32. The number of aryl methyl sites for hydroxylation is 1. The summed E-state index contributed by atoms with van der Waals surface area (Å²) in [7, 11) is -3.77. The van der Waals surface area contributed by atoms with Crippen molar-refractivity contribution in [2.45, 2.75) is 31.3 Å². The van der Waals surface area contributed by atoms with E-state index < -0.39 is 22.0 Å². The number of hydrogen-bond donors (Lipinski definition) is 1. The smallest absolute Gasteiger partial charge is 0.308 e. The number of sulfonamides is 1. The van der Waals surface area contributed by atoms with Gasteiger partial charge in [-0.3, -0.25) is 19.0 Å². The molecule has 2 amide bonds. The number of amides is 2. The van der Waals surface area contributed by atoms with Crippen LogP contribution >= 0.6 is 11.3 Å². The first-order chi connectivity index (χ1) is 15.7. The van der Waals surface area contributed by atoms with Crippen LogP contribution in [0.1, 0.15) is 24.4 Å². The largest absolute Gasteiger partial charge is 0.459 e. The van der Waals surface area contributed by atoms with Gasteiger partial charge in [0, 0.05) is 32.7 Å². The third-order valence-electron chi connectivity index (χ3n) is 5.61. The van der Waals surface area contributed by atoms with Crippen LogP contribution < -0.4 is 10.2 Å². The SMILES string of the molecule is CCn1c(=O)sc2cc(S(=O)(=O)N3CCN(C(=O)C(C)NC(=O)c4ccco4)CC3)ccc21. The molecule has 1 aromatic carbocycles. The minimum atomic E-state index is -3.77. The number of rotatable bonds is 6. The number of thiazole rings is 1. The van der Waals surface area contributed by atoms with Crippen molar-refractivity contribution >= 4 is 43.4 Å². The first-order valence-corrected chi connectivity index (χ1v) is 12.7. The standard InChI is InChI=1S/C21H24N4O6S2/c1-3-25-16-7-6-15(13-18(16)32-21(25)28)33(29,30)24-10-8-23(9-11-24)20(27)14(2)22-19(26)17-5-4-12-31-17/h4-7,12-14H,3,8-11H2,1-2H3,(H,22,26). The molecule has 1 aliphatic heterocycles. The lowest BCUT2D eigenvalue weighted by molar-refractivity contribution is -0.134. The van der Waals surface area contributed by atoms with Gasteiger partial charge >= 0.3 is 4.87 Å². The van der Waals surface area contributed by atoms with Crippen LogP contribution in [-0.4, -0.2) is 66.2 Å². The summed E-state index contributed by atoms with van der Waals surface area (Å²) in [6, 6.07) is 7.01. The van der Waals surface area contributed by atoms with E-state index in [-0.39, 0.29) is 47.6 Å². The molecule has 176 valence electrons. The van der Waals surface area contributed by atoms with Crippen LogP contribution in [0.25, 0.3) is 10.2 Å². The molecule has 3 heterocycles. The highest BCUT2D eigenvalue weighted by molar-refractivity contribution is 7.89. The Morgan fingerprint density at radius 2 is 1.91 bits per heavy atom. The van der Waals surface area contributed by atoms with Gasteiger partial charge in [0.1, 0.15) is 6.04 Å². The topological polar surface area (TPSA) is 122 Å². The maximum Gasteiger partial charge on any atom is 0.308 e. The molecule has 0 radical (unpaired) electrons. The van der Waals surface area contributed by atoms with E-state index in [4.69, 9.17) is 4.42 Å². The van der Waals surface area contributed by atoms with Crippen molar-refractivity contribution in [1.29, 1.82) is 0 Å². The fourth-order valence-electron chi connectivity index (χ4n) is 3.82. The molecular formula is C21H24N4O6S2. The molecule has 10 nitrogen and oxygen atoms in total. The Bertz CT molecular complexity index is 1330. The number of carbonyl (C=O) groups is 2. The Labute approximate surface area is 194 Å². The summed E-state index contributed by atoms with van der Waals surface area (Å²) < 4.78 is 34.9. The van der Waals surface area contributed by atoms with Gasteiger partial charge in [0.2, 0.25) is 15.9 Å². The van der Waals surface area contributed by atoms with E-state index in [0.29, 0.717) is 16.8 Å². The van der Waals surface area contributed by atoms with Gasteiger partial charge in [-0.1, -0.05) is 11.3 Å². The lowest BCUT2D eigenvalue weighted by atomic mass is 10.2. The van der Waals surface area contributed by atoms with Crippen molar-refractivity contribution in [3.8, 4) is 0 Å². The van der Waals surface area contributed by atoms with E-state index in [9.17, 15) is 22.8 Å². The molecule has 0 spiro atoms. The fourth-order valence-corrected chi connectivity index (χ4v) is 6.33. The second-order valence-electron chi connectivity index (χ2n) is 7.64. The number of aromatic nitrogens is 1. The summed E-state index contributed by atoms with van der Waals surface area (Å²) in [4.78, 5) is 38.4. The molecule has 12 heteroatoms. The Morgan fingerprint density at radius 1 is 1.18 bits per heavy atom. The molecule has 2 aromatic heterocycles. The van der Waals surface area contributed by atoms with Crippen LogP contribution in [0, 0.1) is 0 Å². The van der Waals surface area contributed by atoms with Crippen LogP contribution in [0.3, 0.4) is 0 Å². The average Bonchev–Trinajstić information content (AvgIpc) is 3.45. The molecule has 0 bridgehead atoms. The fraction of sp³-hybridized carbons (Fsp3) is 0.381. The van der Waals surface area contributed by atoms with Crippen molar-refractivity contribution in [1.82, 2.24) is 19.1 Å². The van der Waals surface area contributed by atoms with Crippen LogP contribution in [0.2, 0.25) is 0 Å². The molecule has 1 N–H and O–H groups in total. The molecule has 1 aliphatic rings. The molecule has 4 rings (SSSR count). The van der Waals surface area contributed by atoms with Crippen LogP contribution in [0.15, 0.2) is 50.7 Å². The summed E-state index contributed by atoms with van der Waals surface area (Å²) in [5.74, 6) is -0.669. The lowest BCUT2D eigenvalue weighted by Gasteiger charge is -2.35. The van der Waals surface area contributed by atoms with Crippen LogP contribution in [0.4, 0.5) is 0 Å². The van der Waals surface area contributed by atoms with E-state index in [2.05, 4.69) is 5.32 Å². The van der Waals surface area contributed by atoms with Gasteiger partial charge in [0.15, 0.2) is 5.76 Å². The molecule has 1 unspecified atom stereocenters. The first kappa shape index (κ1) is 23.2. The minimum Gasteiger partial charge on any atom is -0.459 e. The summed E-state index contributed by atoms with van der Waals surface area (Å²) in [6.45, 7) is 4.65. The molecule has 1 fully saturated rings. The van der Waals surface area contributed by atoms with Gasteiger partial charge in [-0.15, -0.1) is 0 Å². The predicted molar refractivity (Wildman–Crippen MR) is 123 cm³/mol. The zero-order valence-electron chi connectivity index (χ0n) is 18.2. The molecule has 0 aliphatic carbocycles. The van der Waals surface area contributed by atoms with Crippen molar-refractivity contribution in [2.75, 3.05) is 26.2 Å². The average molecular weight is 493 g/mol. The maximum atomic E-state index is 13.2. The zero-order chi connectivity index (χ0) is 23.8. The lowest BCUT2D eigenvalue weighted by Crippen LogP contribution is -2.55. The molecule has 3 aromatic rings. The van der Waals surface area contributed by atoms with Crippen LogP contribution in [0.5, 0.6) is 0 Å². The maximum absolute atomic E-state index is 13.2. The Morgan fingerprint density at radius 3 is 2.55 bits per heavy atom. The second-order valence-corrected chi connectivity index (χ2v) is 10.6. The van der Waals surface area contributed by atoms with E-state index in [1.54, 1.807) is 23.6 Å². The summed E-state index contributed by atoms with van der Waals surface area (Å²) in [6.07, 6.45) is 1.37. The first-order valence-electron chi connectivity index (χ1n) is 10.5. The molecule has 0 saturated carbocycles. The third kappa shape index (κ3) is 4.45. The van der Waals surface area contributed by atoms with Gasteiger partial charge in [-0.05, 0) is 44.2 Å². The number of furan rings is 1. The predicted octanol–water partition coefficient (Wildman–Crippen LogP) is 1.33. The number of benzene rings is 1. The highest BCUT2D eigenvalue weighted by Crippen LogP contribution is 2.25. The molecule has 33 heavy (non-hydrogen) atoms. The number of carbonyl (C=O) groups excluding carboxylic acids is 2. The highest BCUT2D eigenvalue weighted by atomic mass is 32.2. The third-order valence-corrected chi connectivity index (χ3v) is 8.44. The summed E-state index contributed by atoms with van der Waals surface area (Å²) in [5.41, 5.74) is 0.715. The number of piperazine rings is 1. The second kappa shape index (κ2) is 9.12. The normalized spacial score (nSPS) is 16.1. The minimum absolute atomic E-state index is 0.113. The van der Waals surface area contributed by atoms with E-state index in [1.165, 1.54) is 33.7 Å². The summed E-state index contributed by atoms with van der Waals surface area (Å²) >= 11 is 1.02. The quantitative estimate of drug-likeness (QED) is 0.554. The van der Waals surface area contributed by atoms with Gasteiger partial charge in [-0.25, -0.2) is 8.42 Å². The van der Waals surface area contributed by atoms with E-state index >= 15 is 0 Å². The Hall–Kier alpha value is -2.96. The van der Waals surface area contributed by atoms with Gasteiger partial charge in [0.25, 0.3) is 5.91 Å². The summed E-state index contributed by atoms with van der Waals surface area (Å²) in [5, 5.41) is 2.59. The monoisotopic (exact) mass is 492 g/mol. The number of nitrogens with zero attached hydrogens (tertiary/aromatic N) is 3. The van der Waals surface area contributed by atoms with Gasteiger partial charge in [0.05, 0.1) is 21.4 Å². The zero-order valence-corrected chi connectivity index (χ0v) is 19.8. The van der Waals surface area contributed by atoms with Crippen molar-refractivity contribution in [2.24, 2.45) is 0 Å². The van der Waals surface area contributed by atoms with Gasteiger partial charge < -0.3 is 14.6 Å².